The van der Waals surface area contributed by atoms with Crippen molar-refractivity contribution in [2.24, 2.45) is 10.9 Å². The van der Waals surface area contributed by atoms with Crippen molar-refractivity contribution in [2.45, 2.75) is 26.3 Å². The molecule has 0 spiro atoms. The highest BCUT2D eigenvalue weighted by molar-refractivity contribution is 8.14. The lowest BCUT2D eigenvalue weighted by molar-refractivity contribution is 0.529. The van der Waals surface area contributed by atoms with E-state index < -0.39 is 0 Å². The van der Waals surface area contributed by atoms with Crippen LogP contribution in [0.15, 0.2) is 29.3 Å². The minimum Gasteiger partial charge on any atom is -0.335 e. The first-order chi connectivity index (χ1) is 8.13. The third kappa shape index (κ3) is 3.93. The van der Waals surface area contributed by atoms with Crippen molar-refractivity contribution in [2.75, 3.05) is 11.1 Å². The van der Waals surface area contributed by atoms with Crippen molar-refractivity contribution >= 4 is 34.2 Å². The summed E-state index contributed by atoms with van der Waals surface area (Å²) in [7, 11) is 0. The number of amidine groups is 1. The van der Waals surface area contributed by atoms with Crippen LogP contribution >= 0.6 is 23.4 Å². The average Bonchev–Trinajstić information content (AvgIpc) is 2.68. The molecule has 0 aromatic heterocycles. The maximum Gasteiger partial charge on any atom is 0.161 e. The molecule has 2 nitrogen and oxygen atoms in total. The fourth-order valence-electron chi connectivity index (χ4n) is 1.81. The highest BCUT2D eigenvalue weighted by Crippen LogP contribution is 2.24. The Morgan fingerprint density at radius 2 is 2.12 bits per heavy atom. The molecule has 1 aromatic rings. The van der Waals surface area contributed by atoms with Crippen LogP contribution in [0.3, 0.4) is 0 Å². The van der Waals surface area contributed by atoms with E-state index >= 15 is 0 Å². The van der Waals surface area contributed by atoms with Crippen LogP contribution in [0.5, 0.6) is 0 Å². The van der Waals surface area contributed by atoms with E-state index in [9.17, 15) is 0 Å². The first-order valence-corrected chi connectivity index (χ1v) is 7.23. The van der Waals surface area contributed by atoms with E-state index in [0.29, 0.717) is 12.0 Å². The van der Waals surface area contributed by atoms with Gasteiger partial charge in [0.2, 0.25) is 0 Å². The molecule has 1 aliphatic rings. The van der Waals surface area contributed by atoms with Crippen LogP contribution in [-0.2, 0) is 0 Å². The van der Waals surface area contributed by atoms with Gasteiger partial charge in [-0.3, -0.25) is 4.99 Å². The average molecular weight is 269 g/mol. The Hall–Kier alpha value is -0.670. The summed E-state index contributed by atoms with van der Waals surface area (Å²) < 4.78 is 0. The van der Waals surface area contributed by atoms with Crippen LogP contribution in [0.1, 0.15) is 20.3 Å². The predicted octanol–water partition coefficient (Wildman–Crippen LogP) is 4.27. The monoisotopic (exact) mass is 268 g/mol. The molecule has 0 saturated carbocycles. The summed E-state index contributed by atoms with van der Waals surface area (Å²) in [5.74, 6) is 1.80. The molecule has 1 atom stereocenters. The predicted molar refractivity (Wildman–Crippen MR) is 78.2 cm³/mol. The molecule has 1 unspecified atom stereocenters. The molecule has 0 saturated heterocycles. The molecular weight excluding hydrogens is 252 g/mol. The van der Waals surface area contributed by atoms with E-state index in [4.69, 9.17) is 11.6 Å². The van der Waals surface area contributed by atoms with E-state index in [1.54, 1.807) is 11.8 Å². The second kappa shape index (κ2) is 5.78. The number of nitrogens with one attached hydrogen (secondary N) is 1. The van der Waals surface area contributed by atoms with Gasteiger partial charge in [-0.05, 0) is 36.6 Å². The fraction of sp³-hybridized carbons (Fsp3) is 0.462. The van der Waals surface area contributed by atoms with Crippen LogP contribution in [-0.4, -0.2) is 17.0 Å². The lowest BCUT2D eigenvalue weighted by Gasteiger charge is -2.07. The molecule has 0 fully saturated rings. The normalized spacial score (nSPS) is 19.5. The van der Waals surface area contributed by atoms with Gasteiger partial charge in [0.1, 0.15) is 0 Å². The van der Waals surface area contributed by atoms with Crippen molar-refractivity contribution < 1.29 is 0 Å². The van der Waals surface area contributed by atoms with Crippen molar-refractivity contribution in [3.05, 3.63) is 29.3 Å². The summed E-state index contributed by atoms with van der Waals surface area (Å²) in [6.45, 7) is 4.48. The number of hydrogen-bond donors (Lipinski definition) is 1. The largest absolute Gasteiger partial charge is 0.335 e. The number of anilines is 1. The summed E-state index contributed by atoms with van der Waals surface area (Å²) in [5.41, 5.74) is 1.05. The van der Waals surface area contributed by atoms with Gasteiger partial charge in [-0.1, -0.05) is 37.2 Å². The van der Waals surface area contributed by atoms with Crippen LogP contribution < -0.4 is 5.32 Å². The van der Waals surface area contributed by atoms with Gasteiger partial charge in [0.25, 0.3) is 0 Å². The van der Waals surface area contributed by atoms with Gasteiger partial charge in [0, 0.05) is 16.5 Å². The maximum absolute atomic E-state index is 5.85. The summed E-state index contributed by atoms with van der Waals surface area (Å²) in [4.78, 5) is 4.68. The lowest BCUT2D eigenvalue weighted by atomic mass is 10.1. The zero-order valence-corrected chi connectivity index (χ0v) is 11.7. The Bertz CT molecular complexity index is 400. The van der Waals surface area contributed by atoms with Crippen molar-refractivity contribution in [3.8, 4) is 0 Å². The van der Waals surface area contributed by atoms with E-state index in [2.05, 4.69) is 24.2 Å². The van der Waals surface area contributed by atoms with Crippen LogP contribution in [0, 0.1) is 5.92 Å². The zero-order chi connectivity index (χ0) is 12.3. The minimum atomic E-state index is 0.467. The van der Waals surface area contributed by atoms with Gasteiger partial charge < -0.3 is 5.32 Å². The van der Waals surface area contributed by atoms with Gasteiger partial charge in [-0.2, -0.15) is 0 Å². The number of benzene rings is 1. The number of halogens is 1. The Balaban J connectivity index is 1.94. The second-order valence-electron chi connectivity index (χ2n) is 4.66. The number of hydrogen-bond acceptors (Lipinski definition) is 3. The summed E-state index contributed by atoms with van der Waals surface area (Å²) in [6.07, 6.45) is 1.17. The van der Waals surface area contributed by atoms with Gasteiger partial charge in [0.05, 0.1) is 6.04 Å². The Labute approximate surface area is 112 Å². The Morgan fingerprint density at radius 1 is 1.41 bits per heavy atom. The molecule has 4 heteroatoms. The van der Waals surface area contributed by atoms with E-state index in [1.165, 1.54) is 6.42 Å². The van der Waals surface area contributed by atoms with Crippen molar-refractivity contribution in [1.29, 1.82) is 0 Å². The van der Waals surface area contributed by atoms with Crippen LogP contribution in [0.25, 0.3) is 0 Å². The van der Waals surface area contributed by atoms with E-state index in [0.717, 1.165) is 21.6 Å². The summed E-state index contributed by atoms with van der Waals surface area (Å²) >= 11 is 7.64. The molecular formula is C13H17ClN2S. The minimum absolute atomic E-state index is 0.467. The molecule has 1 aliphatic heterocycles. The number of nitrogens with zero attached hydrogens (tertiary/aromatic N) is 1. The second-order valence-corrected chi connectivity index (χ2v) is 6.11. The van der Waals surface area contributed by atoms with E-state index in [1.807, 2.05) is 24.3 Å². The molecule has 1 heterocycles. The third-order valence-corrected chi connectivity index (χ3v) is 3.84. The molecule has 1 aromatic carbocycles. The molecule has 0 aliphatic carbocycles. The van der Waals surface area contributed by atoms with Gasteiger partial charge in [-0.25, -0.2) is 0 Å². The number of aliphatic imine (C=N–C) groups is 1. The standard InChI is InChI=1S/C13H17ClN2S/c1-9(2)7-12-8-17-13(16-12)15-11-5-3-10(14)4-6-11/h3-6,9,12H,7-8H2,1-2H3,(H,15,16). The molecule has 2 rings (SSSR count). The van der Waals surface area contributed by atoms with Gasteiger partial charge >= 0.3 is 0 Å². The number of thioether (sulfide) groups is 1. The zero-order valence-electron chi connectivity index (χ0n) is 10.1. The first-order valence-electron chi connectivity index (χ1n) is 5.86. The van der Waals surface area contributed by atoms with Gasteiger partial charge in [-0.15, -0.1) is 0 Å². The smallest absolute Gasteiger partial charge is 0.161 e. The molecule has 17 heavy (non-hydrogen) atoms. The van der Waals surface area contributed by atoms with Crippen LogP contribution in [0.4, 0.5) is 5.69 Å². The Morgan fingerprint density at radius 3 is 2.76 bits per heavy atom. The fourth-order valence-corrected chi connectivity index (χ4v) is 2.91. The molecule has 1 N–H and O–H groups in total. The lowest BCUT2D eigenvalue weighted by Crippen LogP contribution is -2.08. The summed E-state index contributed by atoms with van der Waals surface area (Å²) in [6, 6.07) is 8.18. The highest BCUT2D eigenvalue weighted by Gasteiger charge is 2.19. The first kappa shape index (κ1) is 12.8. The topological polar surface area (TPSA) is 24.4 Å². The SMILES string of the molecule is CC(C)CC1CSC(Nc2ccc(Cl)cc2)=N1. The summed E-state index contributed by atoms with van der Waals surface area (Å²) in [5, 5.41) is 5.11. The third-order valence-electron chi connectivity index (χ3n) is 2.55. The Kier molecular flexibility index (Phi) is 4.35. The molecule has 0 bridgehead atoms. The van der Waals surface area contributed by atoms with Crippen molar-refractivity contribution in [1.82, 2.24) is 0 Å². The molecule has 0 radical (unpaired) electrons. The highest BCUT2D eigenvalue weighted by atomic mass is 35.5. The van der Waals surface area contributed by atoms with Gasteiger partial charge in [0.15, 0.2) is 5.17 Å². The van der Waals surface area contributed by atoms with E-state index in [-0.39, 0.29) is 0 Å². The number of rotatable bonds is 3. The van der Waals surface area contributed by atoms with Crippen LogP contribution in [0.2, 0.25) is 5.02 Å². The van der Waals surface area contributed by atoms with Crippen molar-refractivity contribution in [3.63, 3.8) is 0 Å². The maximum atomic E-state index is 5.85. The molecule has 0 amide bonds. The quantitative estimate of drug-likeness (QED) is 0.885. The molecule has 92 valence electrons.